The lowest BCUT2D eigenvalue weighted by atomic mass is 10.2. The predicted octanol–water partition coefficient (Wildman–Crippen LogP) is -0.839. The van der Waals surface area contributed by atoms with Crippen LogP contribution in [-0.2, 0) is 21.3 Å². The number of aromatic nitrogens is 2. The third-order valence-corrected chi connectivity index (χ3v) is 4.07. The monoisotopic (exact) mass is 292 g/mol. The van der Waals surface area contributed by atoms with E-state index in [0.29, 0.717) is 6.54 Å². The van der Waals surface area contributed by atoms with Crippen LogP contribution < -0.4 is 10.5 Å². The van der Waals surface area contributed by atoms with Gasteiger partial charge in [-0.1, -0.05) is 0 Å². The fourth-order valence-corrected chi connectivity index (χ4v) is 2.93. The van der Waals surface area contributed by atoms with Crippen LogP contribution in [0.5, 0.6) is 0 Å². The molecule has 19 heavy (non-hydrogen) atoms. The number of hydrogen-bond donors (Lipinski definition) is 3. The number of rotatable bonds is 8. The summed E-state index contributed by atoms with van der Waals surface area (Å²) in [6.07, 6.45) is 1.63. The first kappa shape index (κ1) is 15.9. The zero-order chi connectivity index (χ0) is 14.5. The second kappa shape index (κ2) is 6.85. The summed E-state index contributed by atoms with van der Waals surface area (Å²) in [4.78, 5) is -0.0617. The molecular formula is C10H20N4O4S. The molecule has 0 aliphatic rings. The number of nitrogens with one attached hydrogen (secondary N) is 1. The Balaban J connectivity index is 2.92. The van der Waals surface area contributed by atoms with E-state index in [0.717, 1.165) is 0 Å². The van der Waals surface area contributed by atoms with Crippen molar-refractivity contribution in [3.05, 3.63) is 6.20 Å². The zero-order valence-corrected chi connectivity index (χ0v) is 11.9. The molecule has 0 amide bonds. The number of anilines is 1. The Morgan fingerprint density at radius 3 is 2.79 bits per heavy atom. The van der Waals surface area contributed by atoms with Crippen LogP contribution in [0.4, 0.5) is 5.82 Å². The first-order chi connectivity index (χ1) is 8.94. The summed E-state index contributed by atoms with van der Waals surface area (Å²) in [5.74, 6) is -0.0467. The normalized spacial score (nSPS) is 13.6. The summed E-state index contributed by atoms with van der Waals surface area (Å²) >= 11 is 0. The van der Waals surface area contributed by atoms with Gasteiger partial charge in [0, 0.05) is 32.5 Å². The van der Waals surface area contributed by atoms with Gasteiger partial charge in [-0.15, -0.1) is 0 Å². The maximum absolute atomic E-state index is 12.2. The van der Waals surface area contributed by atoms with Crippen molar-refractivity contribution in [3.8, 4) is 0 Å². The molecule has 0 spiro atoms. The number of aliphatic hydroxyl groups excluding tert-OH is 1. The van der Waals surface area contributed by atoms with E-state index in [1.165, 1.54) is 18.0 Å². The Labute approximate surface area is 112 Å². The lowest BCUT2D eigenvalue weighted by molar-refractivity contribution is 0.158. The highest BCUT2D eigenvalue weighted by atomic mass is 32.2. The molecule has 1 unspecified atom stereocenters. The van der Waals surface area contributed by atoms with Gasteiger partial charge in [0.05, 0.1) is 6.61 Å². The third-order valence-electron chi connectivity index (χ3n) is 2.54. The summed E-state index contributed by atoms with van der Waals surface area (Å²) < 4.78 is 33.1. The zero-order valence-electron chi connectivity index (χ0n) is 11.0. The number of ether oxygens (including phenoxy) is 1. The molecule has 1 rings (SSSR count). The van der Waals surface area contributed by atoms with Gasteiger partial charge in [0.15, 0.2) is 5.82 Å². The van der Waals surface area contributed by atoms with Gasteiger partial charge >= 0.3 is 0 Å². The average molecular weight is 292 g/mol. The van der Waals surface area contributed by atoms with E-state index in [2.05, 4.69) is 9.82 Å². The Morgan fingerprint density at radius 1 is 1.63 bits per heavy atom. The van der Waals surface area contributed by atoms with Crippen molar-refractivity contribution < 1.29 is 18.3 Å². The van der Waals surface area contributed by atoms with Crippen molar-refractivity contribution >= 4 is 15.8 Å². The summed E-state index contributed by atoms with van der Waals surface area (Å²) in [5.41, 5.74) is 5.59. The van der Waals surface area contributed by atoms with Crippen LogP contribution in [0.15, 0.2) is 11.1 Å². The standard InChI is InChI=1S/C10H20N4O4S/c1-3-14-6-9(10(11)12-14)19(16,17)13-8(4-5-15)7-18-2/h6,8,13,15H,3-5,7H2,1-2H3,(H2,11,12). The number of aryl methyl sites for hydroxylation is 1. The maximum Gasteiger partial charge on any atom is 0.246 e. The van der Waals surface area contributed by atoms with Gasteiger partial charge in [-0.05, 0) is 13.3 Å². The first-order valence-corrected chi connectivity index (χ1v) is 7.38. The lowest BCUT2D eigenvalue weighted by Crippen LogP contribution is -2.38. The molecule has 1 aromatic heterocycles. The molecule has 0 radical (unpaired) electrons. The van der Waals surface area contributed by atoms with E-state index in [1.54, 1.807) is 0 Å². The van der Waals surface area contributed by atoms with Crippen molar-refractivity contribution in [2.24, 2.45) is 0 Å². The Kier molecular flexibility index (Phi) is 5.73. The van der Waals surface area contributed by atoms with Crippen molar-refractivity contribution in [2.75, 3.05) is 26.1 Å². The van der Waals surface area contributed by atoms with Gasteiger partial charge in [-0.25, -0.2) is 13.1 Å². The summed E-state index contributed by atoms with van der Waals surface area (Å²) in [6, 6.07) is -0.510. The number of sulfonamides is 1. The van der Waals surface area contributed by atoms with Gasteiger partial charge in [-0.2, -0.15) is 5.10 Å². The largest absolute Gasteiger partial charge is 0.396 e. The second-order valence-electron chi connectivity index (χ2n) is 4.02. The number of aliphatic hydroxyl groups is 1. The molecule has 1 atom stereocenters. The minimum absolute atomic E-state index is 0.0467. The fourth-order valence-electron chi connectivity index (χ4n) is 1.60. The molecule has 0 saturated heterocycles. The van der Waals surface area contributed by atoms with Crippen molar-refractivity contribution in [1.82, 2.24) is 14.5 Å². The smallest absolute Gasteiger partial charge is 0.246 e. The molecule has 0 aliphatic heterocycles. The van der Waals surface area contributed by atoms with Crippen LogP contribution in [0.1, 0.15) is 13.3 Å². The Morgan fingerprint density at radius 2 is 2.32 bits per heavy atom. The topological polar surface area (TPSA) is 119 Å². The molecule has 4 N–H and O–H groups in total. The van der Waals surface area contributed by atoms with Crippen molar-refractivity contribution in [3.63, 3.8) is 0 Å². The summed E-state index contributed by atoms with van der Waals surface area (Å²) in [5, 5.41) is 12.8. The lowest BCUT2D eigenvalue weighted by Gasteiger charge is -2.16. The number of nitrogens with zero attached hydrogens (tertiary/aromatic N) is 2. The minimum atomic E-state index is -3.77. The highest BCUT2D eigenvalue weighted by Gasteiger charge is 2.24. The average Bonchev–Trinajstić information content (AvgIpc) is 2.71. The van der Waals surface area contributed by atoms with E-state index in [1.807, 2.05) is 6.92 Å². The molecule has 0 saturated carbocycles. The quantitative estimate of drug-likeness (QED) is 0.575. The molecular weight excluding hydrogens is 272 g/mol. The van der Waals surface area contributed by atoms with E-state index < -0.39 is 16.1 Å². The highest BCUT2D eigenvalue weighted by Crippen LogP contribution is 2.16. The van der Waals surface area contributed by atoms with Crippen LogP contribution in [0, 0.1) is 0 Å². The molecule has 1 heterocycles. The van der Waals surface area contributed by atoms with E-state index in [9.17, 15) is 8.42 Å². The van der Waals surface area contributed by atoms with Gasteiger partial charge in [0.25, 0.3) is 0 Å². The Bertz CT molecular complexity index is 494. The van der Waals surface area contributed by atoms with Gasteiger partial charge < -0.3 is 15.6 Å². The number of hydrogen-bond acceptors (Lipinski definition) is 6. The molecule has 9 heteroatoms. The molecule has 8 nitrogen and oxygen atoms in total. The van der Waals surface area contributed by atoms with Gasteiger partial charge in [-0.3, -0.25) is 4.68 Å². The molecule has 0 fully saturated rings. The fraction of sp³-hybridized carbons (Fsp3) is 0.700. The molecule has 110 valence electrons. The van der Waals surface area contributed by atoms with Crippen LogP contribution in [0.2, 0.25) is 0 Å². The number of methoxy groups -OCH3 is 1. The van der Waals surface area contributed by atoms with Crippen LogP contribution in [0.25, 0.3) is 0 Å². The highest BCUT2D eigenvalue weighted by molar-refractivity contribution is 7.89. The molecule has 1 aromatic rings. The number of nitrogens with two attached hydrogens (primary N) is 1. The van der Waals surface area contributed by atoms with Crippen LogP contribution >= 0.6 is 0 Å². The summed E-state index contributed by atoms with van der Waals surface area (Å²) in [7, 11) is -2.31. The summed E-state index contributed by atoms with van der Waals surface area (Å²) in [6.45, 7) is 2.38. The van der Waals surface area contributed by atoms with Gasteiger partial charge in [0.1, 0.15) is 4.90 Å². The predicted molar refractivity (Wildman–Crippen MR) is 70.0 cm³/mol. The molecule has 0 bridgehead atoms. The van der Waals surface area contributed by atoms with E-state index in [-0.39, 0.29) is 30.3 Å². The van der Waals surface area contributed by atoms with E-state index in [4.69, 9.17) is 15.6 Å². The first-order valence-electron chi connectivity index (χ1n) is 5.89. The molecule has 0 aliphatic carbocycles. The SMILES string of the molecule is CCn1cc(S(=O)(=O)NC(CCO)COC)c(N)n1. The number of nitrogen functional groups attached to an aromatic ring is 1. The Hall–Kier alpha value is -1.16. The van der Waals surface area contributed by atoms with Crippen LogP contribution in [0.3, 0.4) is 0 Å². The van der Waals surface area contributed by atoms with Gasteiger partial charge in [0.2, 0.25) is 10.0 Å². The van der Waals surface area contributed by atoms with Crippen LogP contribution in [-0.4, -0.2) is 49.7 Å². The third kappa shape index (κ3) is 4.16. The second-order valence-corrected chi connectivity index (χ2v) is 5.70. The van der Waals surface area contributed by atoms with E-state index >= 15 is 0 Å². The maximum atomic E-state index is 12.2. The minimum Gasteiger partial charge on any atom is -0.396 e. The molecule has 0 aromatic carbocycles. The van der Waals surface area contributed by atoms with Crippen molar-refractivity contribution in [2.45, 2.75) is 30.8 Å². The van der Waals surface area contributed by atoms with Crippen molar-refractivity contribution in [1.29, 1.82) is 0 Å².